The summed E-state index contributed by atoms with van der Waals surface area (Å²) in [5.74, 6) is 0.878. The van der Waals surface area contributed by atoms with Gasteiger partial charge < -0.3 is 5.32 Å². The van der Waals surface area contributed by atoms with E-state index in [1.165, 1.54) is 5.69 Å². The molecule has 0 fully saturated rings. The molecule has 0 radical (unpaired) electrons. The fourth-order valence-corrected chi connectivity index (χ4v) is 2.23. The van der Waals surface area contributed by atoms with E-state index in [1.807, 2.05) is 0 Å². The molecule has 0 aromatic carbocycles. The molecule has 6 heteroatoms. The second kappa shape index (κ2) is 6.47. The van der Waals surface area contributed by atoms with Gasteiger partial charge in [0, 0.05) is 18.7 Å². The highest BCUT2D eigenvalue weighted by atomic mass is 15.3. The van der Waals surface area contributed by atoms with E-state index in [2.05, 4.69) is 57.1 Å². The normalized spacial score (nSPS) is 12.8. The Kier molecular flexibility index (Phi) is 4.68. The lowest BCUT2D eigenvalue weighted by Crippen LogP contribution is -2.25. The standard InChI is InChI=1S/C13H22N6/c1-4-10-7-11(19(6-3)18-10)8-12(14-5-2)13-15-9-16-17-13/h7,9,12,14H,4-6,8H2,1-3H3,(H,15,16,17). The topological polar surface area (TPSA) is 71.4 Å². The minimum Gasteiger partial charge on any atom is -0.307 e. The molecule has 6 nitrogen and oxygen atoms in total. The molecule has 0 aliphatic carbocycles. The van der Waals surface area contributed by atoms with Gasteiger partial charge in [-0.15, -0.1) is 0 Å². The molecule has 0 saturated carbocycles. The summed E-state index contributed by atoms with van der Waals surface area (Å²) in [7, 11) is 0. The highest BCUT2D eigenvalue weighted by Crippen LogP contribution is 2.16. The number of likely N-dealkylation sites (N-methyl/N-ethyl adjacent to an activating group) is 1. The lowest BCUT2D eigenvalue weighted by atomic mass is 10.1. The fraction of sp³-hybridized carbons (Fsp3) is 0.615. The third-order valence-corrected chi connectivity index (χ3v) is 3.20. The van der Waals surface area contributed by atoms with Gasteiger partial charge in [-0.05, 0) is 26.0 Å². The lowest BCUT2D eigenvalue weighted by molar-refractivity contribution is 0.496. The van der Waals surface area contributed by atoms with E-state index in [1.54, 1.807) is 6.33 Å². The second-order valence-electron chi connectivity index (χ2n) is 4.48. The number of aromatic nitrogens is 5. The van der Waals surface area contributed by atoms with E-state index in [4.69, 9.17) is 0 Å². The van der Waals surface area contributed by atoms with E-state index in [0.717, 1.165) is 37.4 Å². The summed E-state index contributed by atoms with van der Waals surface area (Å²) >= 11 is 0. The van der Waals surface area contributed by atoms with Crippen LogP contribution >= 0.6 is 0 Å². The number of H-pyrrole nitrogens is 1. The molecule has 0 saturated heterocycles. The zero-order valence-corrected chi connectivity index (χ0v) is 11.8. The number of hydrogen-bond acceptors (Lipinski definition) is 4. The van der Waals surface area contributed by atoms with Crippen molar-refractivity contribution in [2.45, 2.75) is 46.2 Å². The van der Waals surface area contributed by atoms with Gasteiger partial charge in [-0.3, -0.25) is 9.78 Å². The van der Waals surface area contributed by atoms with E-state index in [9.17, 15) is 0 Å². The molecular weight excluding hydrogens is 240 g/mol. The van der Waals surface area contributed by atoms with Crippen molar-refractivity contribution in [2.24, 2.45) is 0 Å². The van der Waals surface area contributed by atoms with Crippen molar-refractivity contribution in [3.05, 3.63) is 29.6 Å². The summed E-state index contributed by atoms with van der Waals surface area (Å²) in [6.07, 6.45) is 3.38. The molecule has 0 amide bonds. The Morgan fingerprint density at radius 3 is 2.79 bits per heavy atom. The first kappa shape index (κ1) is 13.7. The maximum atomic E-state index is 4.58. The molecular formula is C13H22N6. The maximum Gasteiger partial charge on any atom is 0.141 e. The second-order valence-corrected chi connectivity index (χ2v) is 4.48. The van der Waals surface area contributed by atoms with Crippen LogP contribution in [0.1, 0.15) is 44.0 Å². The third-order valence-electron chi connectivity index (χ3n) is 3.20. The summed E-state index contributed by atoms with van der Waals surface area (Å²) in [5.41, 5.74) is 2.38. The molecule has 2 aromatic rings. The minimum absolute atomic E-state index is 0.152. The average molecular weight is 262 g/mol. The molecule has 19 heavy (non-hydrogen) atoms. The van der Waals surface area contributed by atoms with Crippen molar-refractivity contribution in [1.29, 1.82) is 0 Å². The molecule has 2 aromatic heterocycles. The van der Waals surface area contributed by atoms with E-state index >= 15 is 0 Å². The van der Waals surface area contributed by atoms with Crippen LogP contribution in [0.15, 0.2) is 12.4 Å². The predicted molar refractivity (Wildman–Crippen MR) is 73.8 cm³/mol. The first-order valence-corrected chi connectivity index (χ1v) is 6.92. The van der Waals surface area contributed by atoms with Gasteiger partial charge >= 0.3 is 0 Å². The van der Waals surface area contributed by atoms with Gasteiger partial charge in [-0.2, -0.15) is 10.2 Å². The van der Waals surface area contributed by atoms with Gasteiger partial charge in [0.05, 0.1) is 11.7 Å². The zero-order valence-electron chi connectivity index (χ0n) is 11.8. The summed E-state index contributed by atoms with van der Waals surface area (Å²) in [6, 6.07) is 2.34. The van der Waals surface area contributed by atoms with Gasteiger partial charge in [-0.25, -0.2) is 4.98 Å². The van der Waals surface area contributed by atoms with Crippen LogP contribution < -0.4 is 5.32 Å². The number of rotatable bonds is 7. The largest absolute Gasteiger partial charge is 0.307 e. The van der Waals surface area contributed by atoms with Gasteiger partial charge in [0.15, 0.2) is 0 Å². The molecule has 1 atom stereocenters. The number of hydrogen-bond donors (Lipinski definition) is 2. The lowest BCUT2D eigenvalue weighted by Gasteiger charge is -2.15. The predicted octanol–water partition coefficient (Wildman–Crippen LogP) is 1.48. The van der Waals surface area contributed by atoms with Crippen molar-refractivity contribution >= 4 is 0 Å². The molecule has 0 aliphatic rings. The molecule has 2 N–H and O–H groups in total. The maximum absolute atomic E-state index is 4.58. The van der Waals surface area contributed by atoms with Crippen molar-refractivity contribution in [1.82, 2.24) is 30.3 Å². The first-order chi connectivity index (χ1) is 9.28. The van der Waals surface area contributed by atoms with Crippen molar-refractivity contribution < 1.29 is 0 Å². The van der Waals surface area contributed by atoms with Crippen LogP contribution in [0.3, 0.4) is 0 Å². The molecule has 0 aliphatic heterocycles. The summed E-state index contributed by atoms with van der Waals surface area (Å²) in [5, 5.41) is 14.9. The fourth-order valence-electron chi connectivity index (χ4n) is 2.23. The van der Waals surface area contributed by atoms with Gasteiger partial charge in [0.1, 0.15) is 12.2 Å². The smallest absolute Gasteiger partial charge is 0.141 e. The number of nitrogens with zero attached hydrogens (tertiary/aromatic N) is 4. The zero-order chi connectivity index (χ0) is 13.7. The Morgan fingerprint density at radius 2 is 2.21 bits per heavy atom. The Bertz CT molecular complexity index is 487. The highest BCUT2D eigenvalue weighted by Gasteiger charge is 2.17. The van der Waals surface area contributed by atoms with Crippen LogP contribution in [0.4, 0.5) is 0 Å². The van der Waals surface area contributed by atoms with E-state index in [0.29, 0.717) is 0 Å². The monoisotopic (exact) mass is 262 g/mol. The molecule has 2 rings (SSSR count). The number of aryl methyl sites for hydroxylation is 2. The average Bonchev–Trinajstić information content (AvgIpc) is 3.07. The van der Waals surface area contributed by atoms with Crippen LogP contribution in [-0.4, -0.2) is 31.5 Å². The Labute approximate surface area is 113 Å². The highest BCUT2D eigenvalue weighted by molar-refractivity contribution is 5.13. The SMILES string of the molecule is CCNC(Cc1cc(CC)nn1CC)c1ncn[nH]1. The van der Waals surface area contributed by atoms with Gasteiger partial charge in [-0.1, -0.05) is 13.8 Å². The van der Waals surface area contributed by atoms with Crippen molar-refractivity contribution in [3.63, 3.8) is 0 Å². The summed E-state index contributed by atoms with van der Waals surface area (Å²) in [4.78, 5) is 4.25. The van der Waals surface area contributed by atoms with Gasteiger partial charge in [0.2, 0.25) is 0 Å². The van der Waals surface area contributed by atoms with Crippen molar-refractivity contribution in [3.8, 4) is 0 Å². The van der Waals surface area contributed by atoms with Crippen LogP contribution in [0.5, 0.6) is 0 Å². The minimum atomic E-state index is 0.152. The first-order valence-electron chi connectivity index (χ1n) is 6.92. The Morgan fingerprint density at radius 1 is 1.37 bits per heavy atom. The van der Waals surface area contributed by atoms with Crippen LogP contribution in [-0.2, 0) is 19.4 Å². The van der Waals surface area contributed by atoms with E-state index < -0.39 is 0 Å². The van der Waals surface area contributed by atoms with Gasteiger partial charge in [0.25, 0.3) is 0 Å². The van der Waals surface area contributed by atoms with Crippen LogP contribution in [0.2, 0.25) is 0 Å². The summed E-state index contributed by atoms with van der Waals surface area (Å²) < 4.78 is 2.07. The van der Waals surface area contributed by atoms with Crippen molar-refractivity contribution in [2.75, 3.05) is 6.54 Å². The van der Waals surface area contributed by atoms with E-state index in [-0.39, 0.29) is 6.04 Å². The molecule has 104 valence electrons. The molecule has 1 unspecified atom stereocenters. The number of nitrogens with one attached hydrogen (secondary N) is 2. The molecule has 0 bridgehead atoms. The Hall–Kier alpha value is -1.69. The number of aromatic amines is 1. The molecule has 0 spiro atoms. The van der Waals surface area contributed by atoms with Crippen LogP contribution in [0, 0.1) is 0 Å². The summed E-state index contributed by atoms with van der Waals surface area (Å²) in [6.45, 7) is 8.13. The third kappa shape index (κ3) is 3.20. The van der Waals surface area contributed by atoms with Crippen LogP contribution in [0.25, 0.3) is 0 Å². The Balaban J connectivity index is 2.19. The molecule has 2 heterocycles. The quantitative estimate of drug-likeness (QED) is 0.793.